The van der Waals surface area contributed by atoms with Crippen molar-refractivity contribution in [3.05, 3.63) is 71.8 Å². The van der Waals surface area contributed by atoms with E-state index in [1.807, 2.05) is 0 Å². The highest BCUT2D eigenvalue weighted by Gasteiger charge is 2.36. The number of aliphatic hydroxyl groups is 1. The van der Waals surface area contributed by atoms with Crippen LogP contribution in [0, 0.1) is 29.6 Å². The van der Waals surface area contributed by atoms with E-state index in [9.17, 15) is 9.90 Å². The fourth-order valence-electron chi connectivity index (χ4n) is 7.86. The third-order valence-corrected chi connectivity index (χ3v) is 10.6. The molecule has 3 heteroatoms. The van der Waals surface area contributed by atoms with Crippen LogP contribution >= 0.6 is 0 Å². The van der Waals surface area contributed by atoms with Gasteiger partial charge in [0.1, 0.15) is 0 Å². The highest BCUT2D eigenvalue weighted by molar-refractivity contribution is 5.86. The maximum absolute atomic E-state index is 11.8. The first-order valence-corrected chi connectivity index (χ1v) is 17.0. The topological polar surface area (TPSA) is 46.5 Å². The van der Waals surface area contributed by atoms with Crippen molar-refractivity contribution in [1.82, 2.24) is 0 Å². The molecule has 4 rings (SSSR count). The van der Waals surface area contributed by atoms with Gasteiger partial charge in [-0.1, -0.05) is 88.2 Å². The van der Waals surface area contributed by atoms with Gasteiger partial charge in [0.05, 0.1) is 6.61 Å². The van der Waals surface area contributed by atoms with Gasteiger partial charge in [0.2, 0.25) is 0 Å². The lowest BCUT2D eigenvalue weighted by Crippen LogP contribution is -2.32. The molecule has 1 N–H and O–H groups in total. The number of carbonyl (C=O) groups is 1. The number of hydrogen-bond acceptors (Lipinski definition) is 3. The van der Waals surface area contributed by atoms with Crippen molar-refractivity contribution in [2.75, 3.05) is 13.2 Å². The molecule has 0 radical (unpaired) electrons. The lowest BCUT2D eigenvalue weighted by molar-refractivity contribution is -0.141. The van der Waals surface area contributed by atoms with E-state index in [-0.39, 0.29) is 18.5 Å². The summed E-state index contributed by atoms with van der Waals surface area (Å²) in [6.45, 7) is 10.3. The van der Waals surface area contributed by atoms with Crippen LogP contribution in [0.25, 0.3) is 11.1 Å². The molecule has 0 amide bonds. The number of aliphatic hydroxyl groups excluding tert-OH is 1. The van der Waals surface area contributed by atoms with E-state index in [4.69, 9.17) is 4.74 Å². The van der Waals surface area contributed by atoms with Crippen LogP contribution in [0.1, 0.15) is 115 Å². The van der Waals surface area contributed by atoms with Crippen LogP contribution in [-0.2, 0) is 16.0 Å². The minimum atomic E-state index is -0.349. The fourth-order valence-corrected chi connectivity index (χ4v) is 7.86. The molecular formula is C39H56O3. The second kappa shape index (κ2) is 16.5. The van der Waals surface area contributed by atoms with Crippen LogP contribution < -0.4 is 0 Å². The summed E-state index contributed by atoms with van der Waals surface area (Å²) in [4.78, 5) is 11.8. The number of ether oxygens (including phenoxy) is 1. The first-order valence-electron chi connectivity index (χ1n) is 17.0. The van der Waals surface area contributed by atoms with E-state index in [1.54, 1.807) is 6.92 Å². The molecule has 0 saturated heterocycles. The van der Waals surface area contributed by atoms with Crippen molar-refractivity contribution in [1.29, 1.82) is 0 Å². The highest BCUT2D eigenvalue weighted by atomic mass is 16.5. The van der Waals surface area contributed by atoms with Gasteiger partial charge < -0.3 is 9.84 Å². The molecule has 2 fully saturated rings. The Balaban J connectivity index is 1.24. The first kappa shape index (κ1) is 32.5. The van der Waals surface area contributed by atoms with Gasteiger partial charge in [0.15, 0.2) is 0 Å². The molecule has 2 aromatic carbocycles. The van der Waals surface area contributed by atoms with Crippen molar-refractivity contribution in [3.63, 3.8) is 0 Å². The zero-order valence-electron chi connectivity index (χ0n) is 26.7. The molecule has 0 spiro atoms. The van der Waals surface area contributed by atoms with Gasteiger partial charge in [-0.3, -0.25) is 0 Å². The molecule has 230 valence electrons. The fraction of sp³-hybridized carbons (Fsp3) is 0.615. The summed E-state index contributed by atoms with van der Waals surface area (Å²) in [5.41, 5.74) is 6.04. The minimum Gasteiger partial charge on any atom is -0.462 e. The van der Waals surface area contributed by atoms with Crippen molar-refractivity contribution in [2.24, 2.45) is 29.6 Å². The second-order valence-electron chi connectivity index (χ2n) is 13.6. The van der Waals surface area contributed by atoms with Crippen molar-refractivity contribution < 1.29 is 14.6 Å². The van der Waals surface area contributed by atoms with Gasteiger partial charge in [-0.15, -0.1) is 0 Å². The summed E-state index contributed by atoms with van der Waals surface area (Å²) < 4.78 is 5.38. The van der Waals surface area contributed by atoms with Crippen LogP contribution in [0.3, 0.4) is 0 Å². The van der Waals surface area contributed by atoms with Crippen molar-refractivity contribution in [2.45, 2.75) is 110 Å². The number of esters is 1. The standard InChI is InChI=1S/C39H56O3/c1-5-7-8-9-29-10-12-32(13-11-29)33-14-16-34(17-15-33)35-18-20-36(21-19-35)38-23-22-37(31(6-2)25-38)24-30(26-40)27-42-39(41)28(3)4/h10-17,30-31,35-38,40H,3,5-9,18-27H2,1-2,4H3. The minimum absolute atomic E-state index is 0.0284. The lowest BCUT2D eigenvalue weighted by Gasteiger charge is -2.42. The van der Waals surface area contributed by atoms with Gasteiger partial charge in [-0.05, 0) is 123 Å². The molecule has 2 aliphatic carbocycles. The average molecular weight is 573 g/mol. The molecule has 2 aromatic rings. The van der Waals surface area contributed by atoms with Gasteiger partial charge in [-0.25, -0.2) is 4.79 Å². The van der Waals surface area contributed by atoms with Crippen LogP contribution in [-0.4, -0.2) is 24.3 Å². The molecule has 42 heavy (non-hydrogen) atoms. The summed E-state index contributed by atoms with van der Waals surface area (Å²) in [6.07, 6.45) is 16.4. The Labute approximate surface area is 256 Å². The molecule has 4 unspecified atom stereocenters. The molecule has 3 nitrogen and oxygen atoms in total. The van der Waals surface area contributed by atoms with Gasteiger partial charge in [0.25, 0.3) is 0 Å². The second-order valence-corrected chi connectivity index (χ2v) is 13.6. The zero-order valence-corrected chi connectivity index (χ0v) is 26.7. The van der Waals surface area contributed by atoms with E-state index in [0.29, 0.717) is 29.9 Å². The SMILES string of the molecule is C=C(C)C(=O)OCC(CO)CC1CCC(C2CCC(c3ccc(-c4ccc(CCCCC)cc4)cc3)CC2)CC1CC. The van der Waals surface area contributed by atoms with E-state index in [0.717, 1.165) is 18.3 Å². The zero-order chi connectivity index (χ0) is 29.9. The first-order chi connectivity index (χ1) is 20.4. The van der Waals surface area contributed by atoms with Gasteiger partial charge in [0, 0.05) is 18.1 Å². The smallest absolute Gasteiger partial charge is 0.333 e. The Kier molecular flexibility index (Phi) is 12.7. The maximum Gasteiger partial charge on any atom is 0.333 e. The van der Waals surface area contributed by atoms with Crippen molar-refractivity contribution in [3.8, 4) is 11.1 Å². The summed E-state index contributed by atoms with van der Waals surface area (Å²) in [7, 11) is 0. The summed E-state index contributed by atoms with van der Waals surface area (Å²) in [5.74, 6) is 3.41. The van der Waals surface area contributed by atoms with E-state index >= 15 is 0 Å². The largest absolute Gasteiger partial charge is 0.462 e. The predicted molar refractivity (Wildman–Crippen MR) is 175 cm³/mol. The predicted octanol–water partition coefficient (Wildman–Crippen LogP) is 9.92. The third-order valence-electron chi connectivity index (χ3n) is 10.6. The molecule has 0 bridgehead atoms. The Morgan fingerprint density at radius 3 is 2.12 bits per heavy atom. The summed E-state index contributed by atoms with van der Waals surface area (Å²) >= 11 is 0. The van der Waals surface area contributed by atoms with Crippen LogP contribution in [0.15, 0.2) is 60.7 Å². The molecule has 0 aliphatic heterocycles. The Morgan fingerprint density at radius 2 is 1.52 bits per heavy atom. The third kappa shape index (κ3) is 9.06. The molecule has 2 saturated carbocycles. The maximum atomic E-state index is 11.8. The van der Waals surface area contributed by atoms with Crippen LogP contribution in [0.5, 0.6) is 0 Å². The quantitative estimate of drug-likeness (QED) is 0.139. The lowest BCUT2D eigenvalue weighted by atomic mass is 9.63. The number of benzene rings is 2. The van der Waals surface area contributed by atoms with Crippen molar-refractivity contribution >= 4 is 5.97 Å². The highest BCUT2D eigenvalue weighted by Crippen LogP contribution is 2.47. The van der Waals surface area contributed by atoms with E-state index < -0.39 is 0 Å². The average Bonchev–Trinajstić information content (AvgIpc) is 3.03. The summed E-state index contributed by atoms with van der Waals surface area (Å²) in [5, 5.41) is 9.94. The molecule has 2 aliphatic rings. The number of rotatable bonds is 14. The summed E-state index contributed by atoms with van der Waals surface area (Å²) in [6, 6.07) is 18.6. The normalized spacial score (nSPS) is 25.1. The Hall–Kier alpha value is -2.39. The van der Waals surface area contributed by atoms with Gasteiger partial charge in [-0.2, -0.15) is 0 Å². The van der Waals surface area contributed by atoms with E-state index in [2.05, 4.69) is 69.0 Å². The number of carbonyl (C=O) groups excluding carboxylic acids is 1. The number of hydrogen-bond donors (Lipinski definition) is 1. The molecule has 0 heterocycles. The Morgan fingerprint density at radius 1 is 0.881 bits per heavy atom. The monoisotopic (exact) mass is 572 g/mol. The Bertz CT molecular complexity index is 1090. The number of unbranched alkanes of at least 4 members (excludes halogenated alkanes) is 2. The molecular weight excluding hydrogens is 516 g/mol. The van der Waals surface area contributed by atoms with E-state index in [1.165, 1.54) is 99.3 Å². The van der Waals surface area contributed by atoms with Crippen LogP contribution in [0.4, 0.5) is 0 Å². The molecule has 4 atom stereocenters. The van der Waals surface area contributed by atoms with Gasteiger partial charge >= 0.3 is 5.97 Å². The number of aryl methyl sites for hydroxylation is 1. The molecule has 0 aromatic heterocycles. The van der Waals surface area contributed by atoms with Crippen LogP contribution in [0.2, 0.25) is 0 Å².